The summed E-state index contributed by atoms with van der Waals surface area (Å²) < 4.78 is 7.81. The number of hydrogen-bond acceptors (Lipinski definition) is 3. The smallest absolute Gasteiger partial charge is 0.218 e. The fourth-order valence-electron chi connectivity index (χ4n) is 1.41. The minimum atomic E-state index is 0.327. The summed E-state index contributed by atoms with van der Waals surface area (Å²) in [6.07, 6.45) is 1.82. The number of hydrogen-bond donors (Lipinski definition) is 0. The lowest BCUT2D eigenvalue weighted by Crippen LogP contribution is -1.85. The summed E-state index contributed by atoms with van der Waals surface area (Å²) in [5.41, 5.74) is 0.741. The second kappa shape index (κ2) is 3.61. The Morgan fingerprint density at radius 2 is 2.19 bits per heavy atom. The fourth-order valence-corrected chi connectivity index (χ4v) is 1.98. The van der Waals surface area contributed by atoms with Crippen molar-refractivity contribution in [2.24, 2.45) is 0 Å². The van der Waals surface area contributed by atoms with E-state index in [-0.39, 0.29) is 0 Å². The van der Waals surface area contributed by atoms with Gasteiger partial charge in [-0.2, -0.15) is 0 Å². The van der Waals surface area contributed by atoms with Crippen LogP contribution in [-0.4, -0.2) is 14.6 Å². The Morgan fingerprint density at radius 3 is 2.88 bits per heavy atom. The van der Waals surface area contributed by atoms with Crippen molar-refractivity contribution in [3.05, 3.63) is 40.2 Å². The molecule has 80 valence electrons. The molecule has 16 heavy (non-hydrogen) atoms. The molecule has 0 saturated carbocycles. The Bertz CT molecular complexity index is 661. The van der Waals surface area contributed by atoms with Crippen LogP contribution in [0.2, 0.25) is 5.22 Å². The van der Waals surface area contributed by atoms with Gasteiger partial charge in [0.25, 0.3) is 0 Å². The molecule has 6 heteroatoms. The van der Waals surface area contributed by atoms with Gasteiger partial charge in [-0.25, -0.2) is 9.50 Å². The van der Waals surface area contributed by atoms with E-state index in [2.05, 4.69) is 26.0 Å². The first kappa shape index (κ1) is 9.86. The van der Waals surface area contributed by atoms with E-state index in [4.69, 9.17) is 16.0 Å². The zero-order valence-corrected chi connectivity index (χ0v) is 10.2. The van der Waals surface area contributed by atoms with Crippen molar-refractivity contribution in [1.29, 1.82) is 0 Å². The average molecular weight is 299 g/mol. The van der Waals surface area contributed by atoms with Gasteiger partial charge in [0.05, 0.1) is 4.47 Å². The van der Waals surface area contributed by atoms with Gasteiger partial charge in [0.1, 0.15) is 0 Å². The zero-order valence-electron chi connectivity index (χ0n) is 7.89. The van der Waals surface area contributed by atoms with E-state index in [1.54, 1.807) is 16.6 Å². The Hall–Kier alpha value is -1.33. The molecular weight excluding hydrogens is 293 g/mol. The molecule has 3 aromatic rings. The Morgan fingerprint density at radius 1 is 1.31 bits per heavy atom. The van der Waals surface area contributed by atoms with Crippen LogP contribution in [0.25, 0.3) is 17.2 Å². The Balaban J connectivity index is 2.22. The molecule has 3 aromatic heterocycles. The number of rotatable bonds is 1. The fraction of sp³-hybridized carbons (Fsp3) is 0. The maximum Gasteiger partial charge on any atom is 0.218 e. The van der Waals surface area contributed by atoms with Crippen molar-refractivity contribution in [1.82, 2.24) is 14.6 Å². The molecule has 0 atom stereocenters. The quantitative estimate of drug-likeness (QED) is 0.691. The number of nitrogens with zero attached hydrogens (tertiary/aromatic N) is 3. The van der Waals surface area contributed by atoms with E-state index in [0.29, 0.717) is 16.8 Å². The summed E-state index contributed by atoms with van der Waals surface area (Å²) in [6.45, 7) is 0. The van der Waals surface area contributed by atoms with Crippen molar-refractivity contribution in [2.75, 3.05) is 0 Å². The van der Waals surface area contributed by atoms with Gasteiger partial charge in [0, 0.05) is 6.20 Å². The van der Waals surface area contributed by atoms with Gasteiger partial charge < -0.3 is 4.42 Å². The second-order valence-corrected chi connectivity index (χ2v) is 4.39. The lowest BCUT2D eigenvalue weighted by atomic mass is 10.4. The van der Waals surface area contributed by atoms with Crippen molar-refractivity contribution in [2.45, 2.75) is 0 Å². The van der Waals surface area contributed by atoms with Crippen LogP contribution in [0.3, 0.4) is 0 Å². The molecule has 0 aliphatic carbocycles. The molecular formula is C10H5BrClN3O. The third-order valence-corrected chi connectivity index (χ3v) is 2.93. The third kappa shape index (κ3) is 1.52. The molecule has 0 saturated heterocycles. The predicted octanol–water partition coefficient (Wildman–Crippen LogP) is 3.41. The standard InChI is InChI=1S/C10H5BrClN3O/c11-6-2-1-5-15-10(6)13-9(14-15)7-3-4-8(12)16-7/h1-5H. The Kier molecular flexibility index (Phi) is 2.22. The number of furan rings is 1. The molecule has 3 rings (SSSR count). The first-order valence-electron chi connectivity index (χ1n) is 4.50. The summed E-state index contributed by atoms with van der Waals surface area (Å²) in [5, 5.41) is 4.61. The summed E-state index contributed by atoms with van der Waals surface area (Å²) in [5.74, 6) is 1.07. The van der Waals surface area contributed by atoms with Crippen LogP contribution in [0.5, 0.6) is 0 Å². The SMILES string of the molecule is Clc1ccc(-c2nc3c(Br)cccn3n2)o1. The summed E-state index contributed by atoms with van der Waals surface area (Å²) in [7, 11) is 0. The topological polar surface area (TPSA) is 43.3 Å². The van der Waals surface area contributed by atoms with Crippen LogP contribution in [0.1, 0.15) is 0 Å². The van der Waals surface area contributed by atoms with Crippen molar-refractivity contribution < 1.29 is 4.42 Å². The molecule has 0 bridgehead atoms. The number of fused-ring (bicyclic) bond motifs is 1. The summed E-state index contributed by atoms with van der Waals surface area (Å²) >= 11 is 9.11. The summed E-state index contributed by atoms with van der Waals surface area (Å²) in [4.78, 5) is 4.35. The molecule has 0 aliphatic rings. The van der Waals surface area contributed by atoms with Gasteiger partial charge in [-0.3, -0.25) is 0 Å². The predicted molar refractivity (Wildman–Crippen MR) is 63.4 cm³/mol. The highest BCUT2D eigenvalue weighted by atomic mass is 79.9. The number of aromatic nitrogens is 3. The first-order valence-corrected chi connectivity index (χ1v) is 5.68. The molecule has 0 radical (unpaired) electrons. The average Bonchev–Trinajstić information content (AvgIpc) is 2.84. The van der Waals surface area contributed by atoms with Gasteiger partial charge in [0.15, 0.2) is 16.6 Å². The molecule has 0 aromatic carbocycles. The van der Waals surface area contributed by atoms with Crippen LogP contribution >= 0.6 is 27.5 Å². The van der Waals surface area contributed by atoms with Crippen LogP contribution in [0.15, 0.2) is 39.4 Å². The third-order valence-electron chi connectivity index (χ3n) is 2.11. The van der Waals surface area contributed by atoms with E-state index in [0.717, 1.165) is 10.1 Å². The van der Waals surface area contributed by atoms with Crippen molar-refractivity contribution >= 4 is 33.2 Å². The van der Waals surface area contributed by atoms with Crippen LogP contribution < -0.4 is 0 Å². The van der Waals surface area contributed by atoms with Crippen LogP contribution in [0, 0.1) is 0 Å². The molecule has 0 fully saturated rings. The monoisotopic (exact) mass is 297 g/mol. The normalized spacial score (nSPS) is 11.1. The minimum absolute atomic E-state index is 0.327. The van der Waals surface area contributed by atoms with E-state index >= 15 is 0 Å². The van der Waals surface area contributed by atoms with Gasteiger partial charge in [0.2, 0.25) is 5.82 Å². The number of pyridine rings is 1. The highest BCUT2D eigenvalue weighted by Crippen LogP contribution is 2.24. The molecule has 0 spiro atoms. The lowest BCUT2D eigenvalue weighted by molar-refractivity contribution is 0.579. The molecule has 0 amide bonds. The molecule has 0 N–H and O–H groups in total. The minimum Gasteiger partial charge on any atom is -0.441 e. The molecule has 3 heterocycles. The van der Waals surface area contributed by atoms with Gasteiger partial charge in [-0.1, -0.05) is 0 Å². The molecule has 0 aliphatic heterocycles. The number of halogens is 2. The highest BCUT2D eigenvalue weighted by molar-refractivity contribution is 9.10. The lowest BCUT2D eigenvalue weighted by Gasteiger charge is -1.90. The largest absolute Gasteiger partial charge is 0.441 e. The highest BCUT2D eigenvalue weighted by Gasteiger charge is 2.11. The van der Waals surface area contributed by atoms with Crippen molar-refractivity contribution in [3.8, 4) is 11.6 Å². The van der Waals surface area contributed by atoms with E-state index in [9.17, 15) is 0 Å². The van der Waals surface area contributed by atoms with Gasteiger partial charge in [-0.15, -0.1) is 5.10 Å². The van der Waals surface area contributed by atoms with E-state index < -0.39 is 0 Å². The van der Waals surface area contributed by atoms with E-state index in [1.165, 1.54) is 0 Å². The zero-order chi connectivity index (χ0) is 11.1. The van der Waals surface area contributed by atoms with Crippen LogP contribution in [0.4, 0.5) is 0 Å². The maximum absolute atomic E-state index is 5.70. The molecule has 0 unspecified atom stereocenters. The van der Waals surface area contributed by atoms with Crippen molar-refractivity contribution in [3.63, 3.8) is 0 Å². The maximum atomic E-state index is 5.70. The molecule has 4 nitrogen and oxygen atoms in total. The summed E-state index contributed by atoms with van der Waals surface area (Å²) in [6, 6.07) is 7.19. The van der Waals surface area contributed by atoms with Gasteiger partial charge in [-0.05, 0) is 51.8 Å². The van der Waals surface area contributed by atoms with Crippen LogP contribution in [-0.2, 0) is 0 Å². The van der Waals surface area contributed by atoms with E-state index in [1.807, 2.05) is 18.3 Å². The first-order chi connectivity index (χ1) is 7.74. The second-order valence-electron chi connectivity index (χ2n) is 3.16. The van der Waals surface area contributed by atoms with Gasteiger partial charge >= 0.3 is 0 Å². The Labute approximate surface area is 104 Å².